The molecule has 0 saturated carbocycles. The summed E-state index contributed by atoms with van der Waals surface area (Å²) in [6.07, 6.45) is -0.0421. The number of aromatic nitrogens is 1. The van der Waals surface area contributed by atoms with Gasteiger partial charge < -0.3 is 20.1 Å². The Morgan fingerprint density at radius 2 is 1.93 bits per heavy atom. The van der Waals surface area contributed by atoms with Crippen LogP contribution in [-0.2, 0) is 6.54 Å². The third kappa shape index (κ3) is 7.53. The van der Waals surface area contributed by atoms with Crippen LogP contribution in [0.3, 0.4) is 0 Å². The summed E-state index contributed by atoms with van der Waals surface area (Å²) in [7, 11) is 1.64. The zero-order valence-corrected chi connectivity index (χ0v) is 19.7. The molecule has 2 aromatic rings. The predicted octanol–water partition coefficient (Wildman–Crippen LogP) is 3.91. The number of rotatable bonds is 8. The molecule has 0 saturated heterocycles. The Hall–Kier alpha value is -1.55. The van der Waals surface area contributed by atoms with Crippen molar-refractivity contribution in [3.8, 4) is 11.5 Å². The molecule has 0 fully saturated rings. The summed E-state index contributed by atoms with van der Waals surface area (Å²) in [5.41, 5.74) is 1.08. The van der Waals surface area contributed by atoms with Crippen molar-refractivity contribution in [2.24, 2.45) is 4.99 Å². The van der Waals surface area contributed by atoms with Gasteiger partial charge in [0.1, 0.15) is 11.1 Å². The van der Waals surface area contributed by atoms with E-state index < -0.39 is 0 Å². The summed E-state index contributed by atoms with van der Waals surface area (Å²) in [4.78, 5) is 10.4. The number of halogens is 1. The normalized spacial score (nSPS) is 12.1. The lowest BCUT2D eigenvalue weighted by atomic mass is 10.3. The van der Waals surface area contributed by atoms with Crippen molar-refractivity contribution in [1.29, 1.82) is 0 Å². The van der Waals surface area contributed by atoms with Crippen molar-refractivity contribution >= 4 is 41.3 Å². The fourth-order valence-corrected chi connectivity index (χ4v) is 3.17. The van der Waals surface area contributed by atoms with Crippen molar-refractivity contribution in [3.63, 3.8) is 0 Å². The van der Waals surface area contributed by atoms with Gasteiger partial charge in [-0.3, -0.25) is 0 Å². The third-order valence-electron chi connectivity index (χ3n) is 3.74. The van der Waals surface area contributed by atoms with E-state index in [0.29, 0.717) is 13.1 Å². The first-order valence-corrected chi connectivity index (χ1v) is 9.59. The predicted molar refractivity (Wildman–Crippen MR) is 123 cm³/mol. The van der Waals surface area contributed by atoms with Crippen LogP contribution >= 0.6 is 35.3 Å². The number of thiazole rings is 1. The molecule has 0 aliphatic carbocycles. The third-order valence-corrected chi connectivity index (χ3v) is 4.80. The highest BCUT2D eigenvalue weighted by Crippen LogP contribution is 2.26. The van der Waals surface area contributed by atoms with Gasteiger partial charge in [-0.25, -0.2) is 9.98 Å². The van der Waals surface area contributed by atoms with Crippen LogP contribution in [0.5, 0.6) is 11.5 Å². The number of nitrogens with one attached hydrogen (secondary N) is 2. The van der Waals surface area contributed by atoms with E-state index in [9.17, 15) is 0 Å². The summed E-state index contributed by atoms with van der Waals surface area (Å²) in [6.45, 7) is 10.2. The molecule has 0 spiro atoms. The number of methoxy groups -OCH3 is 1. The van der Waals surface area contributed by atoms with Gasteiger partial charge in [0.2, 0.25) is 0 Å². The fraction of sp³-hybridized carbons (Fsp3) is 0.474. The van der Waals surface area contributed by atoms with Crippen LogP contribution in [0.2, 0.25) is 0 Å². The van der Waals surface area contributed by atoms with Gasteiger partial charge in [-0.05, 0) is 39.8 Å². The van der Waals surface area contributed by atoms with E-state index in [1.165, 1.54) is 4.88 Å². The van der Waals surface area contributed by atoms with Gasteiger partial charge in [0.15, 0.2) is 17.5 Å². The van der Waals surface area contributed by atoms with Crippen LogP contribution in [0, 0.1) is 13.8 Å². The Morgan fingerprint density at radius 3 is 2.52 bits per heavy atom. The highest BCUT2D eigenvalue weighted by molar-refractivity contribution is 14.0. The highest BCUT2D eigenvalue weighted by atomic mass is 127. The number of hydrogen-bond donors (Lipinski definition) is 2. The van der Waals surface area contributed by atoms with Crippen LogP contribution in [0.15, 0.2) is 29.3 Å². The SMILES string of the molecule is CCNC(=NCc1nc(C)c(C)s1)NCC(C)Oc1ccccc1OC.I. The minimum Gasteiger partial charge on any atom is -0.493 e. The van der Waals surface area contributed by atoms with Gasteiger partial charge in [0.05, 0.1) is 25.9 Å². The first kappa shape index (κ1) is 23.5. The lowest BCUT2D eigenvalue weighted by Crippen LogP contribution is -2.41. The number of hydrogen-bond acceptors (Lipinski definition) is 5. The van der Waals surface area contributed by atoms with Crippen molar-refractivity contribution in [3.05, 3.63) is 39.8 Å². The molecule has 8 heteroatoms. The first-order chi connectivity index (χ1) is 12.5. The number of guanidine groups is 1. The van der Waals surface area contributed by atoms with E-state index in [4.69, 9.17) is 9.47 Å². The molecular formula is C19H29IN4O2S. The number of nitrogens with zero attached hydrogens (tertiary/aromatic N) is 2. The highest BCUT2D eigenvalue weighted by Gasteiger charge is 2.10. The molecule has 150 valence electrons. The molecule has 0 amide bonds. The van der Waals surface area contributed by atoms with E-state index in [0.717, 1.165) is 34.7 Å². The first-order valence-electron chi connectivity index (χ1n) is 8.78. The molecular weight excluding hydrogens is 475 g/mol. The second-order valence-corrected chi connectivity index (χ2v) is 7.19. The maximum atomic E-state index is 5.97. The van der Waals surface area contributed by atoms with Crippen molar-refractivity contribution in [2.45, 2.75) is 40.3 Å². The van der Waals surface area contributed by atoms with Crippen LogP contribution in [0.25, 0.3) is 0 Å². The summed E-state index contributed by atoms with van der Waals surface area (Å²) >= 11 is 1.69. The quantitative estimate of drug-likeness (QED) is 0.324. The Morgan fingerprint density at radius 1 is 1.22 bits per heavy atom. The van der Waals surface area contributed by atoms with Crippen molar-refractivity contribution in [2.75, 3.05) is 20.2 Å². The molecule has 0 bridgehead atoms. The number of ether oxygens (including phenoxy) is 2. The topological polar surface area (TPSA) is 67.8 Å². The maximum absolute atomic E-state index is 5.97. The van der Waals surface area contributed by atoms with Crippen molar-refractivity contribution < 1.29 is 9.47 Å². The number of aryl methyl sites for hydroxylation is 2. The van der Waals surface area contributed by atoms with E-state index >= 15 is 0 Å². The Kier molecular flexibility index (Phi) is 10.5. The molecule has 1 unspecified atom stereocenters. The lowest BCUT2D eigenvalue weighted by Gasteiger charge is -2.18. The Bertz CT molecular complexity index is 717. The minimum absolute atomic E-state index is 0. The summed E-state index contributed by atoms with van der Waals surface area (Å²) in [5.74, 6) is 2.22. The summed E-state index contributed by atoms with van der Waals surface area (Å²) in [6, 6.07) is 7.65. The van der Waals surface area contributed by atoms with Crippen LogP contribution in [0.4, 0.5) is 0 Å². The molecule has 0 aliphatic heterocycles. The second kappa shape index (κ2) is 12.0. The Balaban J connectivity index is 0.00000364. The van der Waals surface area contributed by atoms with Crippen molar-refractivity contribution in [1.82, 2.24) is 15.6 Å². The van der Waals surface area contributed by atoms with E-state index in [1.807, 2.05) is 45.0 Å². The smallest absolute Gasteiger partial charge is 0.191 e. The standard InChI is InChI=1S/C19H28N4O2S.HI/c1-6-20-19(22-12-18-23-14(3)15(4)26-18)21-11-13(2)25-17-10-8-7-9-16(17)24-5;/h7-10,13H,6,11-12H2,1-5H3,(H2,20,21,22);1H. The number of para-hydroxylation sites is 2. The molecule has 1 atom stereocenters. The second-order valence-electron chi connectivity index (χ2n) is 5.90. The summed E-state index contributed by atoms with van der Waals surface area (Å²) in [5, 5.41) is 7.59. The van der Waals surface area contributed by atoms with Crippen LogP contribution in [0.1, 0.15) is 29.4 Å². The molecule has 1 aromatic heterocycles. The average Bonchev–Trinajstić information content (AvgIpc) is 2.95. The van der Waals surface area contributed by atoms with Gasteiger partial charge in [-0.2, -0.15) is 0 Å². The van der Waals surface area contributed by atoms with Gasteiger partial charge in [-0.15, -0.1) is 35.3 Å². The zero-order chi connectivity index (χ0) is 18.9. The van der Waals surface area contributed by atoms with E-state index in [1.54, 1.807) is 18.4 Å². The number of benzene rings is 1. The van der Waals surface area contributed by atoms with Gasteiger partial charge in [0.25, 0.3) is 0 Å². The minimum atomic E-state index is -0.0421. The number of aliphatic imine (C=N–C) groups is 1. The molecule has 27 heavy (non-hydrogen) atoms. The lowest BCUT2D eigenvalue weighted by molar-refractivity contribution is 0.213. The Labute approximate surface area is 182 Å². The van der Waals surface area contributed by atoms with Gasteiger partial charge in [-0.1, -0.05) is 12.1 Å². The molecule has 2 N–H and O–H groups in total. The molecule has 1 heterocycles. The molecule has 2 rings (SSSR count). The fourth-order valence-electron chi connectivity index (χ4n) is 2.31. The van der Waals surface area contributed by atoms with Gasteiger partial charge in [0, 0.05) is 11.4 Å². The van der Waals surface area contributed by atoms with Crippen LogP contribution in [-0.4, -0.2) is 37.2 Å². The molecule has 0 radical (unpaired) electrons. The summed E-state index contributed by atoms with van der Waals surface area (Å²) < 4.78 is 11.3. The molecule has 6 nitrogen and oxygen atoms in total. The van der Waals surface area contributed by atoms with E-state index in [2.05, 4.69) is 27.5 Å². The largest absolute Gasteiger partial charge is 0.493 e. The molecule has 1 aromatic carbocycles. The van der Waals surface area contributed by atoms with Crippen LogP contribution < -0.4 is 20.1 Å². The van der Waals surface area contributed by atoms with Gasteiger partial charge >= 0.3 is 0 Å². The van der Waals surface area contributed by atoms with E-state index in [-0.39, 0.29) is 30.1 Å². The molecule has 0 aliphatic rings. The maximum Gasteiger partial charge on any atom is 0.191 e. The zero-order valence-electron chi connectivity index (χ0n) is 16.5. The average molecular weight is 504 g/mol. The monoisotopic (exact) mass is 504 g/mol.